The Balaban J connectivity index is 1.37. The topological polar surface area (TPSA) is 262 Å². The maximum atomic E-state index is 13.6. The molecule has 2 saturated heterocycles. The summed E-state index contributed by atoms with van der Waals surface area (Å²) >= 11 is 0. The third kappa shape index (κ3) is 33.6. The predicted molar refractivity (Wildman–Crippen MR) is 340 cm³/mol. The molecule has 0 aromatic heterocycles. The fourth-order valence-electron chi connectivity index (χ4n) is 11.6. The van der Waals surface area contributed by atoms with Crippen LogP contribution in [-0.2, 0) is 61.9 Å². The molecule has 2 fully saturated rings. The molecule has 0 radical (unpaired) electrons. The van der Waals surface area contributed by atoms with Crippen molar-refractivity contribution in [2.45, 2.75) is 259 Å². The van der Waals surface area contributed by atoms with Crippen LogP contribution in [0, 0.1) is 23.7 Å². The molecule has 0 saturated carbocycles. The molecule has 0 bridgehead atoms. The second kappa shape index (κ2) is 47.5. The normalized spacial score (nSPS) is 21.8. The number of hydrogen-bond donors (Lipinski definition) is 5. The SMILES string of the molecule is CC[C@H]1OC(OCCOCCOCCCC(=O)c2cc(NC(=O)CCCCCCCCCCC(=O)CCCCCCCCCCCCC(=O)O)cc(C(=O)NCCOCCOCCOC3O[C@H](CC)[C@H](C)[C@H](C)[C@H]3NC(C)=O)c2)[C@H](NC(C)=O)[C@@H](C)[C@H]1C. The summed E-state index contributed by atoms with van der Waals surface area (Å²) in [7, 11) is 0. The van der Waals surface area contributed by atoms with Gasteiger partial charge in [-0.3, -0.25) is 33.6 Å². The van der Waals surface area contributed by atoms with Gasteiger partial charge in [0, 0.05) is 75.9 Å². The first-order valence-electron chi connectivity index (χ1n) is 33.8. The third-order valence-electron chi connectivity index (χ3n) is 17.2. The number of ketones is 2. The van der Waals surface area contributed by atoms with Crippen molar-refractivity contribution in [2.24, 2.45) is 23.7 Å². The van der Waals surface area contributed by atoms with Gasteiger partial charge in [-0.1, -0.05) is 131 Å². The van der Waals surface area contributed by atoms with E-state index in [0.717, 1.165) is 89.9 Å². The minimum Gasteiger partial charge on any atom is -0.481 e. The highest BCUT2D eigenvalue weighted by molar-refractivity contribution is 6.03. The molecule has 0 aliphatic carbocycles. The molecule has 10 atom stereocenters. The highest BCUT2D eigenvalue weighted by Crippen LogP contribution is 2.34. The number of carboxylic acids is 1. The van der Waals surface area contributed by atoms with E-state index >= 15 is 0 Å². The first-order valence-corrected chi connectivity index (χ1v) is 33.8. The van der Waals surface area contributed by atoms with Crippen LogP contribution in [0.25, 0.3) is 0 Å². The second-order valence-corrected chi connectivity index (χ2v) is 24.4. The summed E-state index contributed by atoms with van der Waals surface area (Å²) in [5.41, 5.74) is 0.902. The number of carbonyl (C=O) groups is 7. The van der Waals surface area contributed by atoms with Crippen LogP contribution < -0.4 is 21.3 Å². The van der Waals surface area contributed by atoms with Gasteiger partial charge in [-0.05, 0) is 86.8 Å². The summed E-state index contributed by atoms with van der Waals surface area (Å²) in [5.74, 6) is -0.513. The number of amides is 4. The van der Waals surface area contributed by atoms with Crippen LogP contribution in [0.15, 0.2) is 18.2 Å². The standard InChI is InChI=1S/C68H116N4O16/c1-9-60-49(3)51(5)64(70-53(7)73)67(87-60)85-44-42-83-40-38-81-36-29-32-59(76)55-46-56(66(80)69-35-37-82-39-41-84-43-45-86-68-65(71-54(8)74)52(6)50(4)61(10-2)88-68)48-57(47-55)72-62(77)33-27-23-19-16-15-18-22-26-31-58(75)30-25-21-17-13-11-12-14-20-24-28-34-63(78)79/h46-52,60-61,64-65,67-68H,9-45H2,1-8H3,(H,69,80)(H,70,73)(H,71,74)(H,72,77)(H,78,79)/t49-,50-,51+,52+,60-,61-,64-,65-,67?,68?/m1/s1. The summed E-state index contributed by atoms with van der Waals surface area (Å²) in [4.78, 5) is 87.2. The largest absolute Gasteiger partial charge is 0.481 e. The molecule has 20 heteroatoms. The monoisotopic (exact) mass is 1240 g/mol. The highest BCUT2D eigenvalue weighted by Gasteiger charge is 2.43. The first kappa shape index (κ1) is 77.8. The number of Topliss-reactive ketones (excluding diaryl/α,β-unsaturated/α-hetero) is 2. The lowest BCUT2D eigenvalue weighted by Gasteiger charge is -2.44. The molecule has 3 rings (SSSR count). The van der Waals surface area contributed by atoms with Crippen molar-refractivity contribution in [3.8, 4) is 0 Å². The van der Waals surface area contributed by atoms with Gasteiger partial charge in [-0.25, -0.2) is 0 Å². The molecule has 2 aliphatic rings. The summed E-state index contributed by atoms with van der Waals surface area (Å²) in [6.45, 7) is 18.8. The van der Waals surface area contributed by atoms with Crippen molar-refractivity contribution < 1.29 is 76.6 Å². The van der Waals surface area contributed by atoms with Crippen molar-refractivity contribution >= 4 is 46.9 Å². The van der Waals surface area contributed by atoms with Crippen molar-refractivity contribution in [1.29, 1.82) is 0 Å². The summed E-state index contributed by atoms with van der Waals surface area (Å²) in [5, 5.41) is 20.5. The average Bonchev–Trinajstić information content (AvgIpc) is 1.37. The molecule has 1 aromatic carbocycles. The summed E-state index contributed by atoms with van der Waals surface area (Å²) < 4.78 is 47.4. The number of unbranched alkanes of at least 4 members (excludes halogenated alkanes) is 16. The Morgan fingerprint density at radius 1 is 0.455 bits per heavy atom. The van der Waals surface area contributed by atoms with E-state index in [0.29, 0.717) is 88.8 Å². The van der Waals surface area contributed by atoms with Crippen molar-refractivity contribution in [2.75, 3.05) is 77.9 Å². The van der Waals surface area contributed by atoms with Gasteiger partial charge in [0.25, 0.3) is 5.91 Å². The lowest BCUT2D eigenvalue weighted by molar-refractivity contribution is -0.239. The molecule has 504 valence electrons. The van der Waals surface area contributed by atoms with Gasteiger partial charge in [-0.2, -0.15) is 0 Å². The molecule has 4 amide bonds. The number of nitrogens with one attached hydrogen (secondary N) is 4. The number of anilines is 1. The van der Waals surface area contributed by atoms with Crippen LogP contribution in [-0.4, -0.2) is 156 Å². The van der Waals surface area contributed by atoms with E-state index in [1.165, 1.54) is 46.0 Å². The quantitative estimate of drug-likeness (QED) is 0.0300. The molecule has 20 nitrogen and oxygen atoms in total. The molecule has 2 aliphatic heterocycles. The van der Waals surface area contributed by atoms with E-state index in [1.807, 2.05) is 0 Å². The number of aliphatic carboxylic acids is 1. The fourth-order valence-corrected chi connectivity index (χ4v) is 11.6. The zero-order chi connectivity index (χ0) is 64.3. The minimum atomic E-state index is -0.710. The maximum Gasteiger partial charge on any atom is 0.303 e. The van der Waals surface area contributed by atoms with Gasteiger partial charge in [0.15, 0.2) is 18.4 Å². The Labute approximate surface area is 527 Å². The van der Waals surface area contributed by atoms with Gasteiger partial charge in [0.1, 0.15) is 5.78 Å². The van der Waals surface area contributed by atoms with Crippen molar-refractivity contribution in [3.05, 3.63) is 29.3 Å². The Morgan fingerprint density at radius 2 is 0.852 bits per heavy atom. The summed E-state index contributed by atoms with van der Waals surface area (Å²) in [6, 6.07) is 4.22. The van der Waals surface area contributed by atoms with E-state index in [2.05, 4.69) is 62.8 Å². The number of carboxylic acid groups (broad SMARTS) is 1. The van der Waals surface area contributed by atoms with Gasteiger partial charge >= 0.3 is 5.97 Å². The van der Waals surface area contributed by atoms with Crippen LogP contribution in [0.4, 0.5) is 5.69 Å². The van der Waals surface area contributed by atoms with Gasteiger partial charge in [0.05, 0.1) is 83.8 Å². The lowest BCUT2D eigenvalue weighted by atomic mass is 9.81. The molecular formula is C68H116N4O16. The molecule has 5 N–H and O–H groups in total. The molecule has 1 aromatic rings. The van der Waals surface area contributed by atoms with Crippen molar-refractivity contribution in [3.63, 3.8) is 0 Å². The van der Waals surface area contributed by atoms with Gasteiger partial charge in [0.2, 0.25) is 17.7 Å². The smallest absolute Gasteiger partial charge is 0.303 e. The Kier molecular flexibility index (Phi) is 42.0. The van der Waals surface area contributed by atoms with Crippen LogP contribution in [0.5, 0.6) is 0 Å². The fraction of sp³-hybridized carbons (Fsp3) is 0.809. The molecular weight excluding hydrogens is 1130 g/mol. The third-order valence-corrected chi connectivity index (χ3v) is 17.2. The number of carbonyl (C=O) groups excluding carboxylic acids is 6. The molecule has 2 heterocycles. The van der Waals surface area contributed by atoms with Crippen molar-refractivity contribution in [1.82, 2.24) is 16.0 Å². The van der Waals surface area contributed by atoms with E-state index in [4.69, 9.17) is 43.0 Å². The van der Waals surface area contributed by atoms with E-state index in [-0.39, 0.29) is 123 Å². The highest BCUT2D eigenvalue weighted by atomic mass is 16.7. The number of ether oxygens (including phenoxy) is 8. The maximum absolute atomic E-state index is 13.6. The first-order chi connectivity index (χ1) is 42.4. The van der Waals surface area contributed by atoms with E-state index in [9.17, 15) is 33.6 Å². The van der Waals surface area contributed by atoms with E-state index < -0.39 is 24.5 Å². The molecule has 88 heavy (non-hydrogen) atoms. The van der Waals surface area contributed by atoms with Gasteiger partial charge in [-0.15, -0.1) is 0 Å². The van der Waals surface area contributed by atoms with E-state index in [1.54, 1.807) is 18.2 Å². The van der Waals surface area contributed by atoms with Crippen LogP contribution >= 0.6 is 0 Å². The lowest BCUT2D eigenvalue weighted by Crippen LogP contribution is -2.57. The Morgan fingerprint density at radius 3 is 1.30 bits per heavy atom. The second-order valence-electron chi connectivity index (χ2n) is 24.4. The zero-order valence-electron chi connectivity index (χ0n) is 55.2. The summed E-state index contributed by atoms with van der Waals surface area (Å²) in [6.07, 6.45) is 21.9. The van der Waals surface area contributed by atoms with Crippen LogP contribution in [0.3, 0.4) is 0 Å². The number of rotatable bonds is 52. The predicted octanol–water partition coefficient (Wildman–Crippen LogP) is 11.5. The zero-order valence-corrected chi connectivity index (χ0v) is 55.2. The van der Waals surface area contributed by atoms with Crippen LogP contribution in [0.2, 0.25) is 0 Å². The van der Waals surface area contributed by atoms with Crippen LogP contribution in [0.1, 0.15) is 243 Å². The van der Waals surface area contributed by atoms with Gasteiger partial charge < -0.3 is 64.3 Å². The minimum absolute atomic E-state index is 0.0339. The molecule has 0 spiro atoms. The average molecular weight is 1250 g/mol. The Hall–Kier alpha value is -4.41. The number of hydrogen-bond acceptors (Lipinski definition) is 15. The Bertz CT molecular complexity index is 2030. The molecule has 2 unspecified atom stereocenters. The number of benzene rings is 1.